The van der Waals surface area contributed by atoms with E-state index in [0.29, 0.717) is 17.4 Å². The summed E-state index contributed by atoms with van der Waals surface area (Å²) in [6, 6.07) is 18.5. The van der Waals surface area contributed by atoms with E-state index in [-0.39, 0.29) is 17.6 Å². The summed E-state index contributed by atoms with van der Waals surface area (Å²) in [6.45, 7) is 4.27. The number of furan rings is 1. The monoisotopic (exact) mass is 394 g/mol. The van der Waals surface area contributed by atoms with Gasteiger partial charge in [0, 0.05) is 16.3 Å². The van der Waals surface area contributed by atoms with Gasteiger partial charge >= 0.3 is 0 Å². The zero-order chi connectivity index (χ0) is 19.9. The SMILES string of the molecule is CC(C)c1ccc(NC(=O)CSc2ccc(NC(=O)c3ccco3)cc2)cc1. The molecule has 0 aliphatic carbocycles. The second-order valence-corrected chi connectivity index (χ2v) is 7.62. The van der Waals surface area contributed by atoms with Gasteiger partial charge in [-0.1, -0.05) is 26.0 Å². The molecule has 2 N–H and O–H groups in total. The second-order valence-electron chi connectivity index (χ2n) is 6.57. The topological polar surface area (TPSA) is 71.3 Å². The first kappa shape index (κ1) is 19.8. The van der Waals surface area contributed by atoms with E-state index in [0.717, 1.165) is 10.6 Å². The first-order chi connectivity index (χ1) is 13.5. The minimum absolute atomic E-state index is 0.0579. The molecule has 0 saturated carbocycles. The molecule has 1 heterocycles. The Bertz CT molecular complexity index is 917. The van der Waals surface area contributed by atoms with E-state index in [2.05, 4.69) is 24.5 Å². The van der Waals surface area contributed by atoms with Crippen molar-refractivity contribution in [2.45, 2.75) is 24.7 Å². The number of anilines is 2. The van der Waals surface area contributed by atoms with Crippen molar-refractivity contribution >= 4 is 35.0 Å². The first-order valence-electron chi connectivity index (χ1n) is 8.99. The normalized spacial score (nSPS) is 10.7. The van der Waals surface area contributed by atoms with E-state index in [4.69, 9.17) is 4.42 Å². The van der Waals surface area contributed by atoms with Crippen LogP contribution in [-0.2, 0) is 4.79 Å². The van der Waals surface area contributed by atoms with Crippen LogP contribution in [0.15, 0.2) is 76.2 Å². The molecule has 2 amide bonds. The molecule has 0 spiro atoms. The Morgan fingerprint density at radius 2 is 1.57 bits per heavy atom. The predicted octanol–water partition coefficient (Wildman–Crippen LogP) is 5.39. The van der Waals surface area contributed by atoms with Gasteiger partial charge in [-0.05, 0) is 60.0 Å². The van der Waals surface area contributed by atoms with Gasteiger partial charge < -0.3 is 15.1 Å². The van der Waals surface area contributed by atoms with Crippen LogP contribution < -0.4 is 10.6 Å². The average Bonchev–Trinajstić information content (AvgIpc) is 3.23. The minimum atomic E-state index is -0.298. The number of thioether (sulfide) groups is 1. The van der Waals surface area contributed by atoms with Crippen molar-refractivity contribution in [1.82, 2.24) is 0 Å². The Morgan fingerprint density at radius 1 is 0.929 bits per heavy atom. The van der Waals surface area contributed by atoms with Crippen molar-refractivity contribution in [3.05, 3.63) is 78.3 Å². The molecule has 6 heteroatoms. The molecule has 0 radical (unpaired) electrons. The first-order valence-corrected chi connectivity index (χ1v) is 9.97. The molecule has 0 atom stereocenters. The van der Waals surface area contributed by atoms with E-state index < -0.39 is 0 Å². The zero-order valence-corrected chi connectivity index (χ0v) is 16.6. The molecule has 0 aliphatic heterocycles. The molecule has 0 aliphatic rings. The number of hydrogen-bond donors (Lipinski definition) is 2. The van der Waals surface area contributed by atoms with E-state index in [1.807, 2.05) is 36.4 Å². The van der Waals surface area contributed by atoms with Gasteiger partial charge in [-0.3, -0.25) is 9.59 Å². The van der Waals surface area contributed by atoms with E-state index >= 15 is 0 Å². The third-order valence-electron chi connectivity index (χ3n) is 4.09. The summed E-state index contributed by atoms with van der Waals surface area (Å²) in [5.41, 5.74) is 2.71. The molecule has 0 saturated heterocycles. The third-order valence-corrected chi connectivity index (χ3v) is 5.10. The molecule has 5 nitrogen and oxygen atoms in total. The van der Waals surface area contributed by atoms with Crippen molar-refractivity contribution in [2.24, 2.45) is 0 Å². The van der Waals surface area contributed by atoms with Gasteiger partial charge in [0.1, 0.15) is 0 Å². The van der Waals surface area contributed by atoms with Crippen LogP contribution in [0.2, 0.25) is 0 Å². The van der Waals surface area contributed by atoms with Gasteiger partial charge in [-0.2, -0.15) is 0 Å². The highest BCUT2D eigenvalue weighted by molar-refractivity contribution is 8.00. The van der Waals surface area contributed by atoms with Crippen LogP contribution in [0.3, 0.4) is 0 Å². The number of rotatable bonds is 7. The quantitative estimate of drug-likeness (QED) is 0.527. The molecule has 0 fully saturated rings. The molecule has 144 valence electrons. The Hall–Kier alpha value is -2.99. The van der Waals surface area contributed by atoms with Crippen LogP contribution in [0, 0.1) is 0 Å². The van der Waals surface area contributed by atoms with Gasteiger partial charge in [0.15, 0.2) is 5.76 Å². The highest BCUT2D eigenvalue weighted by Gasteiger charge is 2.09. The van der Waals surface area contributed by atoms with Crippen LogP contribution in [0.1, 0.15) is 35.9 Å². The fourth-order valence-corrected chi connectivity index (χ4v) is 3.23. The van der Waals surface area contributed by atoms with Crippen molar-refractivity contribution in [3.8, 4) is 0 Å². The molecule has 0 bridgehead atoms. The summed E-state index contributed by atoms with van der Waals surface area (Å²) in [5.74, 6) is 0.679. The lowest BCUT2D eigenvalue weighted by molar-refractivity contribution is -0.113. The number of hydrogen-bond acceptors (Lipinski definition) is 4. The summed E-state index contributed by atoms with van der Waals surface area (Å²) in [5, 5.41) is 5.66. The molecule has 28 heavy (non-hydrogen) atoms. The van der Waals surface area contributed by atoms with Crippen LogP contribution >= 0.6 is 11.8 Å². The van der Waals surface area contributed by atoms with Gasteiger partial charge in [0.2, 0.25) is 5.91 Å². The second kappa shape index (κ2) is 9.28. The summed E-state index contributed by atoms with van der Waals surface area (Å²) < 4.78 is 5.06. The Balaban J connectivity index is 1.47. The zero-order valence-electron chi connectivity index (χ0n) is 15.8. The lowest BCUT2D eigenvalue weighted by Crippen LogP contribution is -2.14. The summed E-state index contributed by atoms with van der Waals surface area (Å²) in [7, 11) is 0. The summed E-state index contributed by atoms with van der Waals surface area (Å²) >= 11 is 1.44. The van der Waals surface area contributed by atoms with Gasteiger partial charge in [-0.15, -0.1) is 11.8 Å². The smallest absolute Gasteiger partial charge is 0.291 e. The Morgan fingerprint density at radius 3 is 2.18 bits per heavy atom. The van der Waals surface area contributed by atoms with Crippen LogP contribution in [0.5, 0.6) is 0 Å². The van der Waals surface area contributed by atoms with E-state index in [1.54, 1.807) is 24.3 Å². The highest BCUT2D eigenvalue weighted by Crippen LogP contribution is 2.22. The largest absolute Gasteiger partial charge is 0.459 e. The standard InChI is InChI=1S/C22H22N2O3S/c1-15(2)16-5-7-17(8-6-16)23-21(25)14-28-19-11-9-18(10-12-19)24-22(26)20-4-3-13-27-20/h3-13,15H,14H2,1-2H3,(H,23,25)(H,24,26). The number of nitrogens with one attached hydrogen (secondary N) is 2. The van der Waals surface area contributed by atoms with Gasteiger partial charge in [-0.25, -0.2) is 0 Å². The summed E-state index contributed by atoms with van der Waals surface area (Å²) in [6.07, 6.45) is 1.46. The molecule has 0 unspecified atom stereocenters. The van der Waals surface area contributed by atoms with Crippen molar-refractivity contribution in [3.63, 3.8) is 0 Å². The third kappa shape index (κ3) is 5.50. The van der Waals surface area contributed by atoms with Crippen molar-refractivity contribution in [1.29, 1.82) is 0 Å². The van der Waals surface area contributed by atoms with E-state index in [1.165, 1.54) is 23.6 Å². The average molecular weight is 394 g/mol. The maximum absolute atomic E-state index is 12.1. The fraction of sp³-hybridized carbons (Fsp3) is 0.182. The molecule has 2 aromatic carbocycles. The van der Waals surface area contributed by atoms with Crippen molar-refractivity contribution < 1.29 is 14.0 Å². The number of carbonyl (C=O) groups excluding carboxylic acids is 2. The van der Waals surface area contributed by atoms with Crippen LogP contribution in [0.4, 0.5) is 11.4 Å². The summed E-state index contributed by atoms with van der Waals surface area (Å²) in [4.78, 5) is 25.0. The molecule has 1 aromatic heterocycles. The lowest BCUT2D eigenvalue weighted by atomic mass is 10.0. The molecular weight excluding hydrogens is 372 g/mol. The number of carbonyl (C=O) groups is 2. The van der Waals surface area contributed by atoms with Crippen LogP contribution in [-0.4, -0.2) is 17.6 Å². The fourth-order valence-electron chi connectivity index (χ4n) is 2.53. The maximum Gasteiger partial charge on any atom is 0.291 e. The predicted molar refractivity (Wildman–Crippen MR) is 113 cm³/mol. The number of amides is 2. The van der Waals surface area contributed by atoms with Crippen molar-refractivity contribution in [2.75, 3.05) is 16.4 Å². The number of benzene rings is 2. The maximum atomic E-state index is 12.1. The van der Waals surface area contributed by atoms with Crippen LogP contribution in [0.25, 0.3) is 0 Å². The highest BCUT2D eigenvalue weighted by atomic mass is 32.2. The molecule has 3 rings (SSSR count). The lowest BCUT2D eigenvalue weighted by Gasteiger charge is -2.09. The Kier molecular flexibility index (Phi) is 6.55. The van der Waals surface area contributed by atoms with Gasteiger partial charge in [0.25, 0.3) is 5.91 Å². The molecule has 3 aromatic rings. The van der Waals surface area contributed by atoms with E-state index in [9.17, 15) is 9.59 Å². The van der Waals surface area contributed by atoms with Gasteiger partial charge in [0.05, 0.1) is 12.0 Å². The molecular formula is C22H22N2O3S. The Labute approximate surface area is 168 Å². The minimum Gasteiger partial charge on any atom is -0.459 e.